The lowest BCUT2D eigenvalue weighted by atomic mass is 10.1. The van der Waals surface area contributed by atoms with E-state index in [4.69, 9.17) is 0 Å². The van der Waals surface area contributed by atoms with E-state index in [1.807, 2.05) is 11.8 Å². The van der Waals surface area contributed by atoms with Crippen LogP contribution in [0.3, 0.4) is 0 Å². The van der Waals surface area contributed by atoms with E-state index in [1.54, 1.807) is 0 Å². The Morgan fingerprint density at radius 3 is 3.31 bits per heavy atom. The first kappa shape index (κ1) is 7.92. The van der Waals surface area contributed by atoms with Crippen molar-refractivity contribution in [2.24, 2.45) is 5.92 Å². The van der Waals surface area contributed by atoms with Gasteiger partial charge in [0, 0.05) is 23.2 Å². The molecule has 1 aromatic heterocycles. The van der Waals surface area contributed by atoms with E-state index in [0.717, 1.165) is 17.2 Å². The summed E-state index contributed by atoms with van der Waals surface area (Å²) in [6, 6.07) is 0.802. The summed E-state index contributed by atoms with van der Waals surface area (Å²) in [7, 11) is 0. The van der Waals surface area contributed by atoms with Crippen LogP contribution in [0.15, 0.2) is 11.4 Å². The second-order valence-electron chi connectivity index (χ2n) is 4.46. The van der Waals surface area contributed by atoms with Gasteiger partial charge in [0.1, 0.15) is 0 Å². The van der Waals surface area contributed by atoms with Crippen LogP contribution in [0.5, 0.6) is 0 Å². The van der Waals surface area contributed by atoms with E-state index >= 15 is 0 Å². The van der Waals surface area contributed by atoms with Gasteiger partial charge in [0.05, 0.1) is 0 Å². The minimum atomic E-state index is 0.739. The number of rotatable bonds is 2. The second-order valence-corrected chi connectivity index (χ2v) is 5.67. The Bertz CT molecular complexity index is 343. The zero-order valence-electron chi connectivity index (χ0n) is 8.03. The molecule has 3 rings (SSSR count). The highest BCUT2D eigenvalue weighted by molar-refractivity contribution is 8.00. The van der Waals surface area contributed by atoms with Gasteiger partial charge in [-0.15, -0.1) is 0 Å². The molecule has 2 aliphatic rings. The Kier molecular flexibility index (Phi) is 1.54. The van der Waals surface area contributed by atoms with Gasteiger partial charge in [-0.2, -0.15) is 0 Å². The van der Waals surface area contributed by atoms with Crippen molar-refractivity contribution in [2.75, 3.05) is 0 Å². The Balaban J connectivity index is 1.94. The first-order valence-electron chi connectivity index (χ1n) is 4.98. The summed E-state index contributed by atoms with van der Waals surface area (Å²) in [6.07, 6.45) is 4.62. The molecule has 1 aliphatic heterocycles. The molecule has 0 saturated heterocycles. The number of hydrogen-bond donors (Lipinski definition) is 0. The third-order valence-corrected chi connectivity index (χ3v) is 4.07. The van der Waals surface area contributed by atoms with Gasteiger partial charge in [-0.3, -0.25) is 0 Å². The first-order chi connectivity index (χ1) is 6.25. The van der Waals surface area contributed by atoms with Crippen LogP contribution >= 0.6 is 11.8 Å². The monoisotopic (exact) mass is 194 g/mol. The lowest BCUT2D eigenvalue weighted by Crippen LogP contribution is -2.03. The van der Waals surface area contributed by atoms with E-state index in [-0.39, 0.29) is 0 Å². The Hall–Kier alpha value is -0.440. The maximum Gasteiger partial charge on any atom is 0.168 e. The van der Waals surface area contributed by atoms with Gasteiger partial charge >= 0.3 is 0 Å². The van der Waals surface area contributed by atoms with Crippen LogP contribution in [-0.4, -0.2) is 14.8 Å². The van der Waals surface area contributed by atoms with Gasteiger partial charge in [0.25, 0.3) is 0 Å². The molecule has 0 N–H and O–H groups in total. The lowest BCUT2D eigenvalue weighted by Gasteiger charge is -2.07. The maximum absolute atomic E-state index is 4.46. The molecule has 0 radical (unpaired) electrons. The minimum absolute atomic E-state index is 0.739. The quantitative estimate of drug-likeness (QED) is 0.720. The molecule has 3 heteroatoms. The SMILES string of the molecule is CC(C)Cc1cnc2n1[C@@H]1CC1S2. The third-order valence-electron chi connectivity index (χ3n) is 2.75. The summed E-state index contributed by atoms with van der Waals surface area (Å²) in [5, 5.41) is 2.13. The number of thioether (sulfide) groups is 1. The van der Waals surface area contributed by atoms with Crippen LogP contribution in [0.2, 0.25) is 0 Å². The third kappa shape index (κ3) is 1.13. The molecule has 0 bridgehead atoms. The van der Waals surface area contributed by atoms with Gasteiger partial charge in [-0.05, 0) is 18.8 Å². The van der Waals surface area contributed by atoms with Crippen molar-refractivity contribution in [3.63, 3.8) is 0 Å². The Morgan fingerprint density at radius 2 is 2.54 bits per heavy atom. The van der Waals surface area contributed by atoms with E-state index in [1.165, 1.54) is 23.7 Å². The molecule has 0 amide bonds. The number of fused-ring (bicyclic) bond motifs is 3. The fourth-order valence-corrected chi connectivity index (χ4v) is 3.40. The van der Waals surface area contributed by atoms with Crippen LogP contribution in [0, 0.1) is 5.92 Å². The zero-order chi connectivity index (χ0) is 9.00. The van der Waals surface area contributed by atoms with Crippen molar-refractivity contribution in [1.82, 2.24) is 9.55 Å². The number of aromatic nitrogens is 2. The summed E-state index contributed by atoms with van der Waals surface area (Å²) in [4.78, 5) is 4.46. The van der Waals surface area contributed by atoms with Crippen molar-refractivity contribution < 1.29 is 0 Å². The molecule has 0 aromatic carbocycles. The average molecular weight is 194 g/mol. The fourth-order valence-electron chi connectivity index (χ4n) is 2.08. The number of hydrogen-bond acceptors (Lipinski definition) is 2. The zero-order valence-corrected chi connectivity index (χ0v) is 8.84. The normalized spacial score (nSPS) is 29.2. The maximum atomic E-state index is 4.46. The van der Waals surface area contributed by atoms with E-state index in [9.17, 15) is 0 Å². The molecule has 2 heterocycles. The molecule has 13 heavy (non-hydrogen) atoms. The average Bonchev–Trinajstić information content (AvgIpc) is 2.56. The molecule has 2 atom stereocenters. The lowest BCUT2D eigenvalue weighted by molar-refractivity contribution is 0.576. The summed E-state index contributed by atoms with van der Waals surface area (Å²) < 4.78 is 2.47. The molecule has 1 unspecified atom stereocenters. The molecule has 70 valence electrons. The van der Waals surface area contributed by atoms with Crippen LogP contribution in [-0.2, 0) is 6.42 Å². The molecule has 1 saturated carbocycles. The van der Waals surface area contributed by atoms with Crippen molar-refractivity contribution in [3.8, 4) is 0 Å². The predicted octanol–water partition coefficient (Wildman–Crippen LogP) is 2.50. The van der Waals surface area contributed by atoms with E-state index in [2.05, 4.69) is 29.6 Å². The van der Waals surface area contributed by atoms with Crippen LogP contribution in [0.1, 0.15) is 32.0 Å². The fraction of sp³-hybridized carbons (Fsp3) is 0.700. The van der Waals surface area contributed by atoms with Gasteiger partial charge in [-0.1, -0.05) is 25.6 Å². The molecule has 1 aromatic rings. The van der Waals surface area contributed by atoms with Gasteiger partial charge in [-0.25, -0.2) is 4.98 Å². The summed E-state index contributed by atoms with van der Waals surface area (Å²) in [5.41, 5.74) is 1.45. The molecule has 1 fully saturated rings. The minimum Gasteiger partial charge on any atom is -0.319 e. The number of nitrogens with zero attached hydrogens (tertiary/aromatic N) is 2. The van der Waals surface area contributed by atoms with Crippen LogP contribution in [0.4, 0.5) is 0 Å². The van der Waals surface area contributed by atoms with Crippen molar-refractivity contribution in [3.05, 3.63) is 11.9 Å². The molecular formula is C10H14N2S. The van der Waals surface area contributed by atoms with Crippen LogP contribution in [0.25, 0.3) is 0 Å². The molecule has 2 nitrogen and oxygen atoms in total. The largest absolute Gasteiger partial charge is 0.319 e. The standard InChI is InChI=1S/C10H14N2S/c1-6(2)3-7-5-11-10-12(7)8-4-9(8)13-10/h5-6,8-9H,3-4H2,1-2H3/t8-,9?/m1/s1. The molecular weight excluding hydrogens is 180 g/mol. The number of imidazole rings is 1. The summed E-state index contributed by atoms with van der Waals surface area (Å²) in [6.45, 7) is 4.54. The second kappa shape index (κ2) is 2.53. The highest BCUT2D eigenvalue weighted by Gasteiger charge is 2.48. The topological polar surface area (TPSA) is 17.8 Å². The highest BCUT2D eigenvalue weighted by Crippen LogP contribution is 2.56. The van der Waals surface area contributed by atoms with Crippen molar-refractivity contribution in [2.45, 2.75) is 43.1 Å². The first-order valence-corrected chi connectivity index (χ1v) is 5.86. The summed E-state index contributed by atoms with van der Waals surface area (Å²) in [5.74, 6) is 0.739. The molecule has 0 spiro atoms. The Labute approximate surface area is 82.7 Å². The summed E-state index contributed by atoms with van der Waals surface area (Å²) >= 11 is 1.96. The smallest absolute Gasteiger partial charge is 0.168 e. The Morgan fingerprint density at radius 1 is 1.69 bits per heavy atom. The van der Waals surface area contributed by atoms with Gasteiger partial charge in [0.2, 0.25) is 0 Å². The van der Waals surface area contributed by atoms with Crippen LogP contribution < -0.4 is 0 Å². The molecule has 1 aliphatic carbocycles. The van der Waals surface area contributed by atoms with E-state index in [0.29, 0.717) is 0 Å². The van der Waals surface area contributed by atoms with Crippen molar-refractivity contribution >= 4 is 11.8 Å². The van der Waals surface area contributed by atoms with Gasteiger partial charge in [0.15, 0.2) is 5.16 Å². The highest BCUT2D eigenvalue weighted by atomic mass is 32.2. The predicted molar refractivity (Wildman–Crippen MR) is 54.1 cm³/mol. The van der Waals surface area contributed by atoms with Gasteiger partial charge < -0.3 is 4.57 Å². The van der Waals surface area contributed by atoms with E-state index < -0.39 is 0 Å². The van der Waals surface area contributed by atoms with Crippen molar-refractivity contribution in [1.29, 1.82) is 0 Å².